The summed E-state index contributed by atoms with van der Waals surface area (Å²) in [6.45, 7) is 1.76. The Labute approximate surface area is 108 Å². The van der Waals surface area contributed by atoms with Crippen LogP contribution >= 0.6 is 24.0 Å². The van der Waals surface area contributed by atoms with E-state index in [1.807, 2.05) is 11.3 Å². The summed E-state index contributed by atoms with van der Waals surface area (Å²) in [7, 11) is 0. The van der Waals surface area contributed by atoms with Gasteiger partial charge in [0.15, 0.2) is 0 Å². The molecule has 0 N–H and O–H groups in total. The third-order valence-electron chi connectivity index (χ3n) is 3.48. The van der Waals surface area contributed by atoms with Gasteiger partial charge in [0.25, 0.3) is 0 Å². The second-order valence-electron chi connectivity index (χ2n) is 4.75. The second kappa shape index (κ2) is 6.08. The highest BCUT2D eigenvalue weighted by Crippen LogP contribution is 2.39. The van der Waals surface area contributed by atoms with Crippen molar-refractivity contribution in [2.45, 2.75) is 32.1 Å². The normalized spacial score (nSPS) is 19.1. The molecular formula is C13H20OS2. The van der Waals surface area contributed by atoms with Crippen LogP contribution in [0.3, 0.4) is 0 Å². The zero-order valence-corrected chi connectivity index (χ0v) is 11.4. The quantitative estimate of drug-likeness (QED) is 0.602. The van der Waals surface area contributed by atoms with Gasteiger partial charge in [0, 0.05) is 16.7 Å². The summed E-state index contributed by atoms with van der Waals surface area (Å²) < 4.78 is 5.84. The summed E-state index contributed by atoms with van der Waals surface area (Å²) in [5, 5.41) is 2.13. The topological polar surface area (TPSA) is 9.23 Å². The molecule has 1 heterocycles. The van der Waals surface area contributed by atoms with Crippen LogP contribution in [0.2, 0.25) is 0 Å². The largest absolute Gasteiger partial charge is 0.380 e. The first kappa shape index (κ1) is 12.5. The number of hydrogen-bond acceptors (Lipinski definition) is 3. The van der Waals surface area contributed by atoms with Crippen LogP contribution < -0.4 is 0 Å². The molecule has 16 heavy (non-hydrogen) atoms. The lowest BCUT2D eigenvalue weighted by molar-refractivity contribution is 0.0612. The van der Waals surface area contributed by atoms with Crippen LogP contribution in [0.5, 0.6) is 0 Å². The fraction of sp³-hybridized carbons (Fsp3) is 0.692. The Morgan fingerprint density at radius 3 is 2.81 bits per heavy atom. The molecule has 1 aromatic rings. The molecule has 1 aliphatic rings. The first-order chi connectivity index (χ1) is 7.85. The van der Waals surface area contributed by atoms with E-state index in [1.165, 1.54) is 30.6 Å². The van der Waals surface area contributed by atoms with E-state index >= 15 is 0 Å². The summed E-state index contributed by atoms with van der Waals surface area (Å²) in [5.41, 5.74) is 0.387. The molecule has 1 nitrogen and oxygen atoms in total. The van der Waals surface area contributed by atoms with Gasteiger partial charge in [0.05, 0.1) is 13.2 Å². The lowest BCUT2D eigenvalue weighted by Crippen LogP contribution is -2.26. The molecule has 0 aromatic carbocycles. The van der Waals surface area contributed by atoms with E-state index in [0.29, 0.717) is 5.41 Å². The molecule has 0 radical (unpaired) electrons. The van der Waals surface area contributed by atoms with Crippen LogP contribution in [0.25, 0.3) is 0 Å². The molecule has 0 aliphatic heterocycles. The minimum absolute atomic E-state index is 0.387. The van der Waals surface area contributed by atoms with Gasteiger partial charge in [-0.2, -0.15) is 12.6 Å². The molecule has 0 saturated heterocycles. The summed E-state index contributed by atoms with van der Waals surface area (Å²) in [6.07, 6.45) is 6.37. The van der Waals surface area contributed by atoms with Gasteiger partial charge in [-0.3, -0.25) is 0 Å². The van der Waals surface area contributed by atoms with Crippen LogP contribution in [0.4, 0.5) is 0 Å². The van der Waals surface area contributed by atoms with E-state index < -0.39 is 0 Å². The molecule has 0 unspecified atom stereocenters. The first-order valence-electron chi connectivity index (χ1n) is 6.06. The molecule has 0 atom stereocenters. The fourth-order valence-corrected chi connectivity index (χ4v) is 3.49. The predicted octanol–water partition coefficient (Wildman–Crippen LogP) is 3.80. The summed E-state index contributed by atoms with van der Waals surface area (Å²) in [4.78, 5) is 1.42. The minimum atomic E-state index is 0.387. The Bertz CT molecular complexity index is 289. The Kier molecular flexibility index (Phi) is 4.74. The molecule has 0 spiro atoms. The monoisotopic (exact) mass is 256 g/mol. The Morgan fingerprint density at radius 1 is 1.38 bits per heavy atom. The smallest absolute Gasteiger partial charge is 0.0530 e. The number of thiol groups is 1. The van der Waals surface area contributed by atoms with Crippen LogP contribution in [0.15, 0.2) is 17.5 Å². The highest BCUT2D eigenvalue weighted by Gasteiger charge is 2.32. The van der Waals surface area contributed by atoms with E-state index in [4.69, 9.17) is 4.74 Å². The highest BCUT2D eigenvalue weighted by atomic mass is 32.1. The molecule has 0 bridgehead atoms. The average molecular weight is 256 g/mol. The number of thiophene rings is 1. The number of ether oxygens (including phenoxy) is 1. The van der Waals surface area contributed by atoms with Gasteiger partial charge >= 0.3 is 0 Å². The van der Waals surface area contributed by atoms with Crippen LogP contribution in [0.1, 0.15) is 30.6 Å². The molecule has 90 valence electrons. The molecule has 1 saturated carbocycles. The van der Waals surface area contributed by atoms with Gasteiger partial charge in [0.2, 0.25) is 0 Å². The lowest BCUT2D eigenvalue weighted by atomic mass is 9.90. The molecule has 3 heteroatoms. The molecule has 2 rings (SSSR count). The van der Waals surface area contributed by atoms with Gasteiger partial charge in [-0.15, -0.1) is 11.3 Å². The minimum Gasteiger partial charge on any atom is -0.380 e. The Balaban J connectivity index is 1.67. The highest BCUT2D eigenvalue weighted by molar-refractivity contribution is 7.80. The van der Waals surface area contributed by atoms with E-state index in [0.717, 1.165) is 25.4 Å². The number of hydrogen-bond donors (Lipinski definition) is 1. The lowest BCUT2D eigenvalue weighted by Gasteiger charge is -2.26. The van der Waals surface area contributed by atoms with Crippen LogP contribution in [-0.4, -0.2) is 19.0 Å². The summed E-state index contributed by atoms with van der Waals surface area (Å²) >= 11 is 6.30. The molecule has 1 aromatic heterocycles. The second-order valence-corrected chi connectivity index (χ2v) is 6.10. The van der Waals surface area contributed by atoms with Crippen molar-refractivity contribution in [3.05, 3.63) is 22.4 Å². The predicted molar refractivity (Wildman–Crippen MR) is 73.6 cm³/mol. The van der Waals surface area contributed by atoms with Crippen molar-refractivity contribution in [2.75, 3.05) is 19.0 Å². The van der Waals surface area contributed by atoms with E-state index in [1.54, 1.807) is 0 Å². The van der Waals surface area contributed by atoms with Crippen molar-refractivity contribution in [1.29, 1.82) is 0 Å². The third-order valence-corrected chi connectivity index (χ3v) is 5.09. The maximum absolute atomic E-state index is 5.84. The van der Waals surface area contributed by atoms with E-state index in [9.17, 15) is 0 Å². The Hall–Kier alpha value is 0.01000. The van der Waals surface area contributed by atoms with Crippen LogP contribution in [-0.2, 0) is 11.2 Å². The van der Waals surface area contributed by atoms with Crippen molar-refractivity contribution in [2.24, 2.45) is 5.41 Å². The zero-order chi connectivity index (χ0) is 11.3. The van der Waals surface area contributed by atoms with Gasteiger partial charge in [-0.05, 0) is 30.0 Å². The van der Waals surface area contributed by atoms with Crippen molar-refractivity contribution >= 4 is 24.0 Å². The SMILES string of the molecule is SCC1(COCCc2cccs2)CCCC1. The standard InChI is InChI=1S/C13H20OS2/c15-11-13(6-1-2-7-13)10-14-8-5-12-4-3-9-16-12/h3-4,9,15H,1-2,5-8,10-11H2. The van der Waals surface area contributed by atoms with Crippen molar-refractivity contribution in [1.82, 2.24) is 0 Å². The molecule has 1 aliphatic carbocycles. The summed E-state index contributed by atoms with van der Waals surface area (Å²) in [5.74, 6) is 0.978. The molecule has 1 fully saturated rings. The maximum atomic E-state index is 5.84. The fourth-order valence-electron chi connectivity index (χ4n) is 2.39. The van der Waals surface area contributed by atoms with Crippen molar-refractivity contribution < 1.29 is 4.74 Å². The molecular weight excluding hydrogens is 236 g/mol. The van der Waals surface area contributed by atoms with Gasteiger partial charge in [0.1, 0.15) is 0 Å². The average Bonchev–Trinajstić information content (AvgIpc) is 2.97. The molecule has 0 amide bonds. The zero-order valence-electron chi connectivity index (χ0n) is 9.65. The first-order valence-corrected chi connectivity index (χ1v) is 7.57. The van der Waals surface area contributed by atoms with Gasteiger partial charge < -0.3 is 4.74 Å². The third kappa shape index (κ3) is 3.25. The van der Waals surface area contributed by atoms with E-state index in [2.05, 4.69) is 30.1 Å². The maximum Gasteiger partial charge on any atom is 0.0530 e. The van der Waals surface area contributed by atoms with Gasteiger partial charge in [-0.1, -0.05) is 18.9 Å². The van der Waals surface area contributed by atoms with E-state index in [-0.39, 0.29) is 0 Å². The van der Waals surface area contributed by atoms with Crippen molar-refractivity contribution in [3.8, 4) is 0 Å². The Morgan fingerprint density at radius 2 is 2.19 bits per heavy atom. The number of rotatable bonds is 6. The van der Waals surface area contributed by atoms with Crippen molar-refractivity contribution in [3.63, 3.8) is 0 Å². The summed E-state index contributed by atoms with van der Waals surface area (Å²) in [6, 6.07) is 4.28. The van der Waals surface area contributed by atoms with Crippen LogP contribution in [0, 0.1) is 5.41 Å². The van der Waals surface area contributed by atoms with Gasteiger partial charge in [-0.25, -0.2) is 0 Å².